The fraction of sp³-hybridized carbons (Fsp3) is 0.0714. The number of amides is 1. The Balaban J connectivity index is 2.23. The van der Waals surface area contributed by atoms with E-state index >= 15 is 0 Å². The summed E-state index contributed by atoms with van der Waals surface area (Å²) >= 11 is 2.10. The van der Waals surface area contributed by atoms with E-state index in [-0.39, 0.29) is 5.56 Å². The molecule has 0 atom stereocenters. The summed E-state index contributed by atoms with van der Waals surface area (Å²) in [5.41, 5.74) is 1.80. The van der Waals surface area contributed by atoms with E-state index in [1.165, 1.54) is 6.07 Å². The monoisotopic (exact) mass is 373 g/mol. The van der Waals surface area contributed by atoms with Crippen molar-refractivity contribution in [3.05, 3.63) is 62.7 Å². The van der Waals surface area contributed by atoms with Gasteiger partial charge in [0.05, 0.1) is 5.69 Å². The van der Waals surface area contributed by atoms with Crippen LogP contribution in [0.4, 0.5) is 14.5 Å². The molecule has 0 radical (unpaired) electrons. The van der Waals surface area contributed by atoms with E-state index in [9.17, 15) is 13.6 Å². The Hall–Kier alpha value is -1.50. The van der Waals surface area contributed by atoms with Gasteiger partial charge in [-0.05, 0) is 65.4 Å². The van der Waals surface area contributed by atoms with Gasteiger partial charge in [-0.15, -0.1) is 0 Å². The van der Waals surface area contributed by atoms with Crippen LogP contribution < -0.4 is 5.32 Å². The molecule has 5 heteroatoms. The summed E-state index contributed by atoms with van der Waals surface area (Å²) in [5, 5.41) is 2.66. The minimum atomic E-state index is -1.04. The third-order valence-electron chi connectivity index (χ3n) is 2.55. The van der Waals surface area contributed by atoms with Crippen LogP contribution in [0, 0.1) is 22.1 Å². The van der Waals surface area contributed by atoms with Gasteiger partial charge in [0.1, 0.15) is 0 Å². The molecule has 0 aliphatic heterocycles. The summed E-state index contributed by atoms with van der Waals surface area (Å²) in [5.74, 6) is -2.48. The lowest BCUT2D eigenvalue weighted by Gasteiger charge is -2.08. The number of nitrogens with one attached hydrogen (secondary N) is 1. The van der Waals surface area contributed by atoms with Gasteiger partial charge in [0.15, 0.2) is 11.6 Å². The zero-order valence-corrected chi connectivity index (χ0v) is 12.2. The van der Waals surface area contributed by atoms with Gasteiger partial charge in [-0.1, -0.05) is 6.07 Å². The highest BCUT2D eigenvalue weighted by Crippen LogP contribution is 2.20. The number of carbonyl (C=O) groups is 1. The quantitative estimate of drug-likeness (QED) is 0.789. The number of halogens is 3. The molecule has 2 nitrogen and oxygen atoms in total. The predicted octanol–water partition coefficient (Wildman–Crippen LogP) is 4.13. The van der Waals surface area contributed by atoms with E-state index in [1.807, 2.05) is 19.1 Å². The van der Waals surface area contributed by atoms with Gasteiger partial charge in [-0.3, -0.25) is 4.79 Å². The highest BCUT2D eigenvalue weighted by molar-refractivity contribution is 14.1. The van der Waals surface area contributed by atoms with Gasteiger partial charge in [0, 0.05) is 9.13 Å². The van der Waals surface area contributed by atoms with Crippen molar-refractivity contribution in [1.29, 1.82) is 0 Å². The third kappa shape index (κ3) is 3.28. The van der Waals surface area contributed by atoms with E-state index in [2.05, 4.69) is 27.9 Å². The van der Waals surface area contributed by atoms with Crippen molar-refractivity contribution in [2.24, 2.45) is 0 Å². The lowest BCUT2D eigenvalue weighted by atomic mass is 10.2. The van der Waals surface area contributed by atoms with Gasteiger partial charge in [0.25, 0.3) is 5.91 Å². The Morgan fingerprint density at radius 1 is 1.11 bits per heavy atom. The average molecular weight is 373 g/mol. The number of aryl methyl sites for hydroxylation is 1. The molecule has 2 aromatic carbocycles. The van der Waals surface area contributed by atoms with Crippen LogP contribution >= 0.6 is 22.6 Å². The first kappa shape index (κ1) is 13.9. The molecule has 0 saturated heterocycles. The summed E-state index contributed by atoms with van der Waals surface area (Å²) in [6, 6.07) is 8.62. The van der Waals surface area contributed by atoms with Crippen molar-refractivity contribution >= 4 is 34.2 Å². The zero-order chi connectivity index (χ0) is 14.0. The second-order valence-electron chi connectivity index (χ2n) is 4.07. The molecular weight excluding hydrogens is 363 g/mol. The van der Waals surface area contributed by atoms with Crippen molar-refractivity contribution in [2.45, 2.75) is 6.92 Å². The number of hydrogen-bond donors (Lipinski definition) is 1. The maximum absolute atomic E-state index is 13.1. The van der Waals surface area contributed by atoms with E-state index in [4.69, 9.17) is 0 Å². The van der Waals surface area contributed by atoms with Crippen molar-refractivity contribution in [2.75, 3.05) is 5.32 Å². The highest BCUT2D eigenvalue weighted by Gasteiger charge is 2.11. The molecule has 0 aliphatic carbocycles. The maximum Gasteiger partial charge on any atom is 0.255 e. The van der Waals surface area contributed by atoms with Crippen LogP contribution in [0.5, 0.6) is 0 Å². The fourth-order valence-corrected chi connectivity index (χ4v) is 2.36. The van der Waals surface area contributed by atoms with E-state index < -0.39 is 17.5 Å². The lowest BCUT2D eigenvalue weighted by Crippen LogP contribution is -2.13. The molecule has 19 heavy (non-hydrogen) atoms. The second-order valence-corrected chi connectivity index (χ2v) is 5.23. The van der Waals surface area contributed by atoms with E-state index in [0.29, 0.717) is 5.69 Å². The number of carbonyl (C=O) groups excluding carboxylic acids is 1. The first-order valence-electron chi connectivity index (χ1n) is 5.50. The molecule has 0 aromatic heterocycles. The first-order chi connectivity index (χ1) is 8.97. The molecule has 0 heterocycles. The van der Waals surface area contributed by atoms with Gasteiger partial charge in [-0.25, -0.2) is 8.78 Å². The molecule has 2 rings (SSSR count). The van der Waals surface area contributed by atoms with Crippen LogP contribution in [-0.4, -0.2) is 5.91 Å². The Morgan fingerprint density at radius 2 is 1.84 bits per heavy atom. The summed E-state index contributed by atoms with van der Waals surface area (Å²) in [6.45, 7) is 1.95. The molecule has 2 aromatic rings. The van der Waals surface area contributed by atoms with Gasteiger partial charge in [-0.2, -0.15) is 0 Å². The standard InChI is InChI=1S/C14H10F2INO/c1-8-2-5-13(12(17)6-8)18-14(19)9-3-4-10(15)11(16)7-9/h2-7H,1H3,(H,18,19). The molecule has 0 aliphatic rings. The molecule has 1 amide bonds. The summed E-state index contributed by atoms with van der Waals surface area (Å²) in [6.07, 6.45) is 0. The smallest absolute Gasteiger partial charge is 0.255 e. The molecule has 98 valence electrons. The number of benzene rings is 2. The summed E-state index contributed by atoms with van der Waals surface area (Å²) in [4.78, 5) is 11.9. The number of anilines is 1. The molecule has 0 bridgehead atoms. The highest BCUT2D eigenvalue weighted by atomic mass is 127. The Bertz CT molecular complexity index is 643. The van der Waals surface area contributed by atoms with Crippen LogP contribution in [0.2, 0.25) is 0 Å². The average Bonchev–Trinajstić information content (AvgIpc) is 2.36. The number of hydrogen-bond acceptors (Lipinski definition) is 1. The Kier molecular flexibility index (Phi) is 4.14. The van der Waals surface area contributed by atoms with Crippen molar-refractivity contribution in [3.8, 4) is 0 Å². The first-order valence-corrected chi connectivity index (χ1v) is 6.58. The molecule has 0 unspecified atom stereocenters. The van der Waals surface area contributed by atoms with Crippen molar-refractivity contribution in [3.63, 3.8) is 0 Å². The lowest BCUT2D eigenvalue weighted by molar-refractivity contribution is 0.102. The van der Waals surface area contributed by atoms with Crippen LogP contribution in [0.3, 0.4) is 0 Å². The molecule has 0 saturated carbocycles. The van der Waals surface area contributed by atoms with Crippen molar-refractivity contribution in [1.82, 2.24) is 0 Å². The minimum absolute atomic E-state index is 0.0790. The van der Waals surface area contributed by atoms with Crippen LogP contribution in [0.1, 0.15) is 15.9 Å². The normalized spacial score (nSPS) is 10.3. The molecular formula is C14H10F2INO. The minimum Gasteiger partial charge on any atom is -0.321 e. The van der Waals surface area contributed by atoms with Crippen LogP contribution in [0.25, 0.3) is 0 Å². The van der Waals surface area contributed by atoms with Gasteiger partial charge < -0.3 is 5.32 Å². The van der Waals surface area contributed by atoms with Gasteiger partial charge in [0.2, 0.25) is 0 Å². The third-order valence-corrected chi connectivity index (χ3v) is 3.45. The number of rotatable bonds is 2. The fourth-order valence-electron chi connectivity index (χ4n) is 1.55. The van der Waals surface area contributed by atoms with E-state index in [1.54, 1.807) is 6.07 Å². The molecule has 1 N–H and O–H groups in total. The SMILES string of the molecule is Cc1ccc(NC(=O)c2ccc(F)c(F)c2)c(I)c1. The Morgan fingerprint density at radius 3 is 2.47 bits per heavy atom. The topological polar surface area (TPSA) is 29.1 Å². The zero-order valence-electron chi connectivity index (χ0n) is 10.0. The van der Waals surface area contributed by atoms with Crippen molar-refractivity contribution < 1.29 is 13.6 Å². The summed E-state index contributed by atoms with van der Waals surface area (Å²) < 4.78 is 26.7. The molecule has 0 fully saturated rings. The second kappa shape index (κ2) is 5.64. The van der Waals surface area contributed by atoms with E-state index in [0.717, 1.165) is 21.3 Å². The maximum atomic E-state index is 13.1. The van der Waals surface area contributed by atoms with Crippen LogP contribution in [0.15, 0.2) is 36.4 Å². The summed E-state index contributed by atoms with van der Waals surface area (Å²) in [7, 11) is 0. The van der Waals surface area contributed by atoms with Gasteiger partial charge >= 0.3 is 0 Å². The molecule has 0 spiro atoms. The Labute approximate surface area is 123 Å². The van der Waals surface area contributed by atoms with Crippen LogP contribution in [-0.2, 0) is 0 Å². The predicted molar refractivity (Wildman–Crippen MR) is 78.2 cm³/mol. The largest absolute Gasteiger partial charge is 0.321 e.